The second kappa shape index (κ2) is 6.07. The average Bonchev–Trinajstić information content (AvgIpc) is 2.95. The van der Waals surface area contributed by atoms with Crippen molar-refractivity contribution in [2.75, 3.05) is 26.7 Å². The summed E-state index contributed by atoms with van der Waals surface area (Å²) in [5.41, 5.74) is 2.54. The van der Waals surface area contributed by atoms with Gasteiger partial charge in [0, 0.05) is 13.1 Å². The second-order valence-electron chi connectivity index (χ2n) is 6.21. The van der Waals surface area contributed by atoms with E-state index in [-0.39, 0.29) is 0 Å². The highest BCUT2D eigenvalue weighted by molar-refractivity contribution is 7.89. The lowest BCUT2D eigenvalue weighted by atomic mass is 10.00. The van der Waals surface area contributed by atoms with Crippen LogP contribution in [0.1, 0.15) is 30.4 Å². The maximum Gasteiger partial charge on any atom is 0.243 e. The molecule has 2 aliphatic rings. The highest BCUT2D eigenvalue weighted by Crippen LogP contribution is 2.28. The maximum absolute atomic E-state index is 12.8. The Hall–Kier alpha value is -0.910. The van der Waals surface area contributed by atoms with Crippen molar-refractivity contribution in [3.05, 3.63) is 29.3 Å². The van der Waals surface area contributed by atoms with Gasteiger partial charge in [-0.25, -0.2) is 8.42 Å². The zero-order chi connectivity index (χ0) is 14.9. The van der Waals surface area contributed by atoms with Gasteiger partial charge in [-0.15, -0.1) is 0 Å². The van der Waals surface area contributed by atoms with Crippen LogP contribution >= 0.6 is 0 Å². The number of piperidine rings is 1. The molecular weight excluding hydrogens is 284 g/mol. The van der Waals surface area contributed by atoms with Gasteiger partial charge in [-0.05, 0) is 74.9 Å². The molecule has 1 fully saturated rings. The van der Waals surface area contributed by atoms with E-state index in [0.29, 0.717) is 23.9 Å². The number of hydrogen-bond acceptors (Lipinski definition) is 3. The van der Waals surface area contributed by atoms with Crippen LogP contribution in [0, 0.1) is 5.92 Å². The van der Waals surface area contributed by atoms with Gasteiger partial charge in [0.1, 0.15) is 0 Å². The molecule has 1 aliphatic heterocycles. The molecule has 4 nitrogen and oxygen atoms in total. The van der Waals surface area contributed by atoms with Crippen molar-refractivity contribution >= 4 is 10.0 Å². The zero-order valence-corrected chi connectivity index (χ0v) is 13.5. The third-order valence-corrected chi connectivity index (χ3v) is 6.54. The fraction of sp³-hybridized carbons (Fsp3) is 0.625. The fourth-order valence-electron chi connectivity index (χ4n) is 3.56. The first kappa shape index (κ1) is 15.0. The van der Waals surface area contributed by atoms with Crippen LogP contribution in [0.3, 0.4) is 0 Å². The number of nitrogens with one attached hydrogen (secondary N) is 1. The number of sulfonamides is 1. The van der Waals surface area contributed by atoms with E-state index in [0.717, 1.165) is 38.6 Å². The van der Waals surface area contributed by atoms with Gasteiger partial charge in [-0.1, -0.05) is 6.07 Å². The summed E-state index contributed by atoms with van der Waals surface area (Å²) in [6.45, 7) is 2.18. The monoisotopic (exact) mass is 308 g/mol. The average molecular weight is 308 g/mol. The molecule has 3 rings (SSSR count). The quantitative estimate of drug-likeness (QED) is 0.922. The molecule has 0 spiro atoms. The van der Waals surface area contributed by atoms with E-state index >= 15 is 0 Å². The zero-order valence-electron chi connectivity index (χ0n) is 12.6. The SMILES string of the molecule is CNCC1CCCN(S(=O)(=O)c2ccc3c(c2)CCC3)C1. The van der Waals surface area contributed by atoms with Gasteiger partial charge in [0.05, 0.1) is 4.90 Å². The first-order valence-corrected chi connectivity index (χ1v) is 9.32. The van der Waals surface area contributed by atoms with Gasteiger partial charge in [-0.3, -0.25) is 0 Å². The minimum atomic E-state index is -3.33. The van der Waals surface area contributed by atoms with E-state index in [1.807, 2.05) is 19.2 Å². The minimum absolute atomic E-state index is 0.424. The van der Waals surface area contributed by atoms with Crippen molar-refractivity contribution in [2.24, 2.45) is 5.92 Å². The molecule has 1 unspecified atom stereocenters. The molecule has 1 aromatic rings. The van der Waals surface area contributed by atoms with Crippen LogP contribution in [0.5, 0.6) is 0 Å². The van der Waals surface area contributed by atoms with Crippen LogP contribution < -0.4 is 5.32 Å². The Morgan fingerprint density at radius 1 is 1.24 bits per heavy atom. The molecule has 1 aliphatic carbocycles. The lowest BCUT2D eigenvalue weighted by Gasteiger charge is -2.32. The van der Waals surface area contributed by atoms with Crippen LogP contribution in [0.2, 0.25) is 0 Å². The highest BCUT2D eigenvalue weighted by Gasteiger charge is 2.30. The number of benzene rings is 1. The molecule has 116 valence electrons. The molecular formula is C16H24N2O2S. The van der Waals surface area contributed by atoms with E-state index in [9.17, 15) is 8.42 Å². The topological polar surface area (TPSA) is 49.4 Å². The summed E-state index contributed by atoms with van der Waals surface area (Å²) in [4.78, 5) is 0.480. The molecule has 0 aromatic heterocycles. The number of fused-ring (bicyclic) bond motifs is 1. The Kier molecular flexibility index (Phi) is 4.33. The second-order valence-corrected chi connectivity index (χ2v) is 8.15. The van der Waals surface area contributed by atoms with Crippen LogP contribution in [0.4, 0.5) is 0 Å². The molecule has 1 heterocycles. The van der Waals surface area contributed by atoms with E-state index in [1.54, 1.807) is 10.4 Å². The van der Waals surface area contributed by atoms with Gasteiger partial charge >= 0.3 is 0 Å². The highest BCUT2D eigenvalue weighted by atomic mass is 32.2. The van der Waals surface area contributed by atoms with Crippen molar-refractivity contribution in [1.29, 1.82) is 0 Å². The molecule has 0 saturated carbocycles. The molecule has 1 saturated heterocycles. The lowest BCUT2D eigenvalue weighted by molar-refractivity contribution is 0.263. The Balaban J connectivity index is 1.83. The maximum atomic E-state index is 12.8. The fourth-order valence-corrected chi connectivity index (χ4v) is 5.16. The Morgan fingerprint density at radius 2 is 2.05 bits per heavy atom. The van der Waals surface area contributed by atoms with Crippen molar-refractivity contribution in [1.82, 2.24) is 9.62 Å². The summed E-state index contributed by atoms with van der Waals surface area (Å²) in [5, 5.41) is 3.16. The predicted octanol–water partition coefficient (Wildman–Crippen LogP) is 1.80. The van der Waals surface area contributed by atoms with Gasteiger partial charge in [0.15, 0.2) is 0 Å². The van der Waals surface area contributed by atoms with Crippen LogP contribution in [-0.4, -0.2) is 39.4 Å². The summed E-state index contributed by atoms with van der Waals surface area (Å²) >= 11 is 0. The lowest BCUT2D eigenvalue weighted by Crippen LogP contribution is -2.42. The molecule has 0 amide bonds. The number of hydrogen-bond donors (Lipinski definition) is 1. The first-order chi connectivity index (χ1) is 10.1. The van der Waals surface area contributed by atoms with Crippen molar-refractivity contribution < 1.29 is 8.42 Å². The van der Waals surface area contributed by atoms with Crippen molar-refractivity contribution in [2.45, 2.75) is 37.0 Å². The molecule has 1 N–H and O–H groups in total. The smallest absolute Gasteiger partial charge is 0.243 e. The molecule has 21 heavy (non-hydrogen) atoms. The van der Waals surface area contributed by atoms with Crippen LogP contribution in [-0.2, 0) is 22.9 Å². The van der Waals surface area contributed by atoms with Gasteiger partial charge in [0.25, 0.3) is 0 Å². The summed E-state index contributed by atoms with van der Waals surface area (Å²) in [6, 6.07) is 5.70. The summed E-state index contributed by atoms with van der Waals surface area (Å²) in [6.07, 6.45) is 5.31. The van der Waals surface area contributed by atoms with Crippen molar-refractivity contribution in [3.63, 3.8) is 0 Å². The van der Waals surface area contributed by atoms with E-state index in [1.165, 1.54) is 11.1 Å². The van der Waals surface area contributed by atoms with Crippen molar-refractivity contribution in [3.8, 4) is 0 Å². The van der Waals surface area contributed by atoms with E-state index in [4.69, 9.17) is 0 Å². The van der Waals surface area contributed by atoms with Crippen LogP contribution in [0.15, 0.2) is 23.1 Å². The van der Waals surface area contributed by atoms with E-state index in [2.05, 4.69) is 5.32 Å². The summed E-state index contributed by atoms with van der Waals surface area (Å²) in [7, 11) is -1.40. The molecule has 0 bridgehead atoms. The number of aryl methyl sites for hydroxylation is 2. The standard InChI is InChI=1S/C16H24N2O2S/c1-17-11-13-4-3-9-18(12-13)21(19,20)16-8-7-14-5-2-6-15(14)10-16/h7-8,10,13,17H,2-6,9,11-12H2,1H3. The molecule has 1 aromatic carbocycles. The third-order valence-electron chi connectivity index (χ3n) is 4.68. The Labute approximate surface area is 127 Å². The molecule has 5 heteroatoms. The predicted molar refractivity (Wildman–Crippen MR) is 83.9 cm³/mol. The molecule has 1 atom stereocenters. The molecule has 0 radical (unpaired) electrons. The Morgan fingerprint density at radius 3 is 2.86 bits per heavy atom. The van der Waals surface area contributed by atoms with Gasteiger partial charge < -0.3 is 5.32 Å². The number of nitrogens with zero attached hydrogens (tertiary/aromatic N) is 1. The minimum Gasteiger partial charge on any atom is -0.319 e. The third kappa shape index (κ3) is 3.00. The largest absolute Gasteiger partial charge is 0.319 e. The Bertz CT molecular complexity index is 611. The number of rotatable bonds is 4. The van der Waals surface area contributed by atoms with Gasteiger partial charge in [0.2, 0.25) is 10.0 Å². The normalized spacial score (nSPS) is 23.2. The van der Waals surface area contributed by atoms with Gasteiger partial charge in [-0.2, -0.15) is 4.31 Å². The first-order valence-electron chi connectivity index (χ1n) is 7.88. The van der Waals surface area contributed by atoms with E-state index < -0.39 is 10.0 Å². The summed E-state index contributed by atoms with van der Waals surface area (Å²) in [5.74, 6) is 0.424. The van der Waals surface area contributed by atoms with Crippen LogP contribution in [0.25, 0.3) is 0 Å². The summed E-state index contributed by atoms with van der Waals surface area (Å²) < 4.78 is 27.4.